The van der Waals surface area contributed by atoms with Gasteiger partial charge in [0.15, 0.2) is 0 Å². The van der Waals surface area contributed by atoms with Crippen molar-refractivity contribution in [2.75, 3.05) is 6.54 Å². The first-order valence-corrected chi connectivity index (χ1v) is 7.17. The normalized spacial score (nSPS) is 12.3. The van der Waals surface area contributed by atoms with E-state index in [4.69, 9.17) is 0 Å². The second kappa shape index (κ2) is 7.20. The van der Waals surface area contributed by atoms with E-state index in [0.29, 0.717) is 25.1 Å². The van der Waals surface area contributed by atoms with E-state index in [-0.39, 0.29) is 11.2 Å². The summed E-state index contributed by atoms with van der Waals surface area (Å²) < 4.78 is 2.45. The summed E-state index contributed by atoms with van der Waals surface area (Å²) in [4.78, 5) is 23.5. The molecule has 0 aliphatic carbocycles. The van der Waals surface area contributed by atoms with Gasteiger partial charge in [0.1, 0.15) is 0 Å². The molecule has 1 aromatic heterocycles. The van der Waals surface area contributed by atoms with Crippen molar-refractivity contribution in [3.63, 3.8) is 0 Å². The Labute approximate surface area is 128 Å². The molecule has 1 aromatic carbocycles. The number of hydrogen-bond donors (Lipinski definition) is 2. The molecule has 2 rings (SSSR count). The Kier molecular flexibility index (Phi) is 5.30. The van der Waals surface area contributed by atoms with Gasteiger partial charge in [0.05, 0.1) is 6.10 Å². The molecule has 0 saturated heterocycles. The minimum atomic E-state index is -0.529. The zero-order valence-corrected chi connectivity index (χ0v) is 12.8. The molecule has 1 heterocycles. The van der Waals surface area contributed by atoms with Gasteiger partial charge in [-0.25, -0.2) is 4.79 Å². The van der Waals surface area contributed by atoms with Gasteiger partial charge in [-0.15, -0.1) is 0 Å². The molecule has 0 saturated carbocycles. The van der Waals surface area contributed by atoms with Crippen molar-refractivity contribution in [2.45, 2.75) is 19.1 Å². The Morgan fingerprint density at radius 1 is 1.18 bits per heavy atom. The van der Waals surface area contributed by atoms with Crippen molar-refractivity contribution in [3.05, 3.63) is 68.5 Å². The molecule has 6 nitrogen and oxygen atoms in total. The number of aliphatic hydroxyl groups excluding tert-OH is 1. The predicted molar refractivity (Wildman–Crippen MR) is 84.8 cm³/mol. The Hall–Kier alpha value is -2.18. The summed E-state index contributed by atoms with van der Waals surface area (Å²) >= 11 is 0. The summed E-state index contributed by atoms with van der Waals surface area (Å²) in [6, 6.07) is 9.73. The number of rotatable bonds is 6. The van der Waals surface area contributed by atoms with Crippen molar-refractivity contribution in [2.24, 2.45) is 14.1 Å². The minimum Gasteiger partial charge on any atom is -0.391 e. The van der Waals surface area contributed by atoms with Crippen molar-refractivity contribution < 1.29 is 5.11 Å². The number of aliphatic hydroxyl groups is 1. The maximum Gasteiger partial charge on any atom is 0.330 e. The van der Waals surface area contributed by atoms with Crippen LogP contribution in [0.1, 0.15) is 11.1 Å². The largest absolute Gasteiger partial charge is 0.391 e. The molecule has 0 amide bonds. The molecule has 0 fully saturated rings. The lowest BCUT2D eigenvalue weighted by molar-refractivity contribution is 0.171. The first kappa shape index (κ1) is 16.2. The van der Waals surface area contributed by atoms with E-state index in [1.165, 1.54) is 17.8 Å². The smallest absolute Gasteiger partial charge is 0.330 e. The van der Waals surface area contributed by atoms with Crippen molar-refractivity contribution in [1.29, 1.82) is 0 Å². The van der Waals surface area contributed by atoms with Crippen molar-refractivity contribution >= 4 is 0 Å². The van der Waals surface area contributed by atoms with Gasteiger partial charge in [-0.3, -0.25) is 9.36 Å². The zero-order chi connectivity index (χ0) is 16.1. The maximum absolute atomic E-state index is 12.0. The molecule has 2 aromatic rings. The molecule has 118 valence electrons. The highest BCUT2D eigenvalue weighted by Crippen LogP contribution is 2.02. The van der Waals surface area contributed by atoms with Crippen LogP contribution in [0.15, 0.2) is 46.1 Å². The van der Waals surface area contributed by atoms with Crippen LogP contribution >= 0.6 is 0 Å². The maximum atomic E-state index is 12.0. The van der Waals surface area contributed by atoms with Crippen LogP contribution in [0.2, 0.25) is 0 Å². The lowest BCUT2D eigenvalue weighted by atomic mass is 10.1. The standard InChI is InChI=1S/C16H21N3O3/c1-18-11-13(15(21)19(2)16(18)22)9-17-10-14(20)8-12-6-4-3-5-7-12/h3-7,11,14,17,20H,8-10H2,1-2H3. The van der Waals surface area contributed by atoms with Crippen LogP contribution in [0.25, 0.3) is 0 Å². The van der Waals surface area contributed by atoms with Gasteiger partial charge >= 0.3 is 5.69 Å². The van der Waals surface area contributed by atoms with Crippen LogP contribution in [0.5, 0.6) is 0 Å². The van der Waals surface area contributed by atoms with E-state index in [1.54, 1.807) is 7.05 Å². The van der Waals surface area contributed by atoms with Gasteiger partial charge in [0, 0.05) is 38.9 Å². The highest BCUT2D eigenvalue weighted by molar-refractivity contribution is 5.15. The molecule has 0 aliphatic heterocycles. The minimum absolute atomic E-state index is 0.312. The first-order chi connectivity index (χ1) is 10.5. The molecule has 0 spiro atoms. The monoisotopic (exact) mass is 303 g/mol. The molecule has 22 heavy (non-hydrogen) atoms. The quantitative estimate of drug-likeness (QED) is 0.773. The van der Waals surface area contributed by atoms with Crippen molar-refractivity contribution in [1.82, 2.24) is 14.5 Å². The van der Waals surface area contributed by atoms with Gasteiger partial charge in [-0.1, -0.05) is 30.3 Å². The lowest BCUT2D eigenvalue weighted by Gasteiger charge is -2.12. The Bertz CT molecular complexity index is 735. The molecule has 0 radical (unpaired) electrons. The Balaban J connectivity index is 1.92. The van der Waals surface area contributed by atoms with Crippen LogP contribution in [0.3, 0.4) is 0 Å². The topological polar surface area (TPSA) is 76.3 Å². The molecule has 1 atom stereocenters. The van der Waals surface area contributed by atoms with Gasteiger partial charge < -0.3 is 15.0 Å². The van der Waals surface area contributed by atoms with E-state index in [9.17, 15) is 14.7 Å². The van der Waals surface area contributed by atoms with Crippen LogP contribution in [-0.4, -0.2) is 26.9 Å². The summed E-state index contributed by atoms with van der Waals surface area (Å²) in [5, 5.41) is 13.1. The molecular formula is C16H21N3O3. The molecule has 2 N–H and O–H groups in total. The average molecular weight is 303 g/mol. The van der Waals surface area contributed by atoms with E-state index in [1.807, 2.05) is 30.3 Å². The Morgan fingerprint density at radius 2 is 1.86 bits per heavy atom. The number of hydrogen-bond acceptors (Lipinski definition) is 4. The van der Waals surface area contributed by atoms with Crippen LogP contribution in [0, 0.1) is 0 Å². The molecule has 0 bridgehead atoms. The van der Waals surface area contributed by atoms with E-state index >= 15 is 0 Å². The zero-order valence-electron chi connectivity index (χ0n) is 12.8. The van der Waals surface area contributed by atoms with Crippen LogP contribution in [-0.2, 0) is 27.1 Å². The van der Waals surface area contributed by atoms with Gasteiger partial charge in [-0.2, -0.15) is 0 Å². The van der Waals surface area contributed by atoms with Crippen LogP contribution < -0.4 is 16.6 Å². The van der Waals surface area contributed by atoms with E-state index in [2.05, 4.69) is 5.32 Å². The number of nitrogens with one attached hydrogen (secondary N) is 1. The number of aromatic nitrogens is 2. The third kappa shape index (κ3) is 3.93. The van der Waals surface area contributed by atoms with Gasteiger partial charge in [0.2, 0.25) is 0 Å². The third-order valence-electron chi connectivity index (χ3n) is 3.53. The lowest BCUT2D eigenvalue weighted by Crippen LogP contribution is -2.40. The first-order valence-electron chi connectivity index (χ1n) is 7.17. The predicted octanol–water partition coefficient (Wildman–Crippen LogP) is -0.223. The highest BCUT2D eigenvalue weighted by Gasteiger charge is 2.08. The van der Waals surface area contributed by atoms with Crippen LogP contribution in [0.4, 0.5) is 0 Å². The second-order valence-corrected chi connectivity index (χ2v) is 5.39. The third-order valence-corrected chi connectivity index (χ3v) is 3.53. The number of nitrogens with zero attached hydrogens (tertiary/aromatic N) is 2. The molecule has 0 aliphatic rings. The summed E-state index contributed by atoms with van der Waals surface area (Å²) in [6.07, 6.45) is 1.55. The molecular weight excluding hydrogens is 282 g/mol. The fourth-order valence-electron chi connectivity index (χ4n) is 2.34. The van der Waals surface area contributed by atoms with Gasteiger partial charge in [-0.05, 0) is 12.0 Å². The summed E-state index contributed by atoms with van der Waals surface area (Å²) in [7, 11) is 3.06. The highest BCUT2D eigenvalue weighted by atomic mass is 16.3. The SMILES string of the molecule is Cn1cc(CNCC(O)Cc2ccccc2)c(=O)n(C)c1=O. The number of aryl methyl sites for hydroxylation is 1. The second-order valence-electron chi connectivity index (χ2n) is 5.39. The van der Waals surface area contributed by atoms with Gasteiger partial charge in [0.25, 0.3) is 5.56 Å². The Morgan fingerprint density at radius 3 is 2.55 bits per heavy atom. The summed E-state index contributed by atoms with van der Waals surface area (Å²) in [6.45, 7) is 0.688. The fourth-order valence-corrected chi connectivity index (χ4v) is 2.34. The fraction of sp³-hybridized carbons (Fsp3) is 0.375. The van der Waals surface area contributed by atoms with Crippen molar-refractivity contribution in [3.8, 4) is 0 Å². The summed E-state index contributed by atoms with van der Waals surface area (Å²) in [5.74, 6) is 0. The van der Waals surface area contributed by atoms with E-state index < -0.39 is 6.10 Å². The van der Waals surface area contributed by atoms with E-state index in [0.717, 1.165) is 10.1 Å². The summed E-state index contributed by atoms with van der Waals surface area (Å²) in [5.41, 5.74) is 0.900. The number of benzene rings is 1. The molecule has 6 heteroatoms. The molecule has 1 unspecified atom stereocenters. The average Bonchev–Trinajstić information content (AvgIpc) is 2.51.